The Morgan fingerprint density at radius 2 is 1.95 bits per heavy atom. The summed E-state index contributed by atoms with van der Waals surface area (Å²) < 4.78 is 0. The standard InChI is InChI=1S/C18H15NO2S/c1-12-3-2-4-15(9-12)16-11-19-17(22-16)10-13-5-7-14(8-6-13)18(20)21/h2-9,11H,10H2,1H3,(H,20,21). The van der Waals surface area contributed by atoms with Crippen molar-refractivity contribution in [2.24, 2.45) is 0 Å². The van der Waals surface area contributed by atoms with E-state index in [1.807, 2.05) is 18.3 Å². The van der Waals surface area contributed by atoms with Crippen molar-refractivity contribution < 1.29 is 9.90 Å². The molecule has 110 valence electrons. The average molecular weight is 309 g/mol. The van der Waals surface area contributed by atoms with E-state index in [9.17, 15) is 4.79 Å². The number of carboxylic acid groups (broad SMARTS) is 1. The smallest absolute Gasteiger partial charge is 0.335 e. The molecule has 0 saturated carbocycles. The van der Waals surface area contributed by atoms with E-state index in [2.05, 4.69) is 36.2 Å². The molecule has 0 atom stereocenters. The summed E-state index contributed by atoms with van der Waals surface area (Å²) in [5.41, 5.74) is 3.79. The third kappa shape index (κ3) is 3.23. The molecule has 1 N–H and O–H groups in total. The molecule has 4 heteroatoms. The van der Waals surface area contributed by atoms with Crippen LogP contribution in [0.15, 0.2) is 54.7 Å². The maximum absolute atomic E-state index is 10.8. The van der Waals surface area contributed by atoms with Crippen molar-refractivity contribution in [3.05, 3.63) is 76.4 Å². The fourth-order valence-corrected chi connectivity index (χ4v) is 3.21. The molecular weight excluding hydrogens is 294 g/mol. The Morgan fingerprint density at radius 1 is 1.18 bits per heavy atom. The van der Waals surface area contributed by atoms with Gasteiger partial charge in [-0.3, -0.25) is 0 Å². The first-order chi connectivity index (χ1) is 10.6. The maximum atomic E-state index is 10.8. The van der Waals surface area contributed by atoms with Crippen LogP contribution in [0.5, 0.6) is 0 Å². The zero-order chi connectivity index (χ0) is 15.5. The van der Waals surface area contributed by atoms with Gasteiger partial charge in [-0.2, -0.15) is 0 Å². The van der Waals surface area contributed by atoms with E-state index in [1.54, 1.807) is 23.5 Å². The summed E-state index contributed by atoms with van der Waals surface area (Å²) in [7, 11) is 0. The second-order valence-corrected chi connectivity index (χ2v) is 6.28. The van der Waals surface area contributed by atoms with Gasteiger partial charge in [0.25, 0.3) is 0 Å². The van der Waals surface area contributed by atoms with Crippen molar-refractivity contribution in [1.29, 1.82) is 0 Å². The molecule has 3 nitrogen and oxygen atoms in total. The van der Waals surface area contributed by atoms with Crippen LogP contribution in [-0.2, 0) is 6.42 Å². The van der Waals surface area contributed by atoms with Gasteiger partial charge in [0.15, 0.2) is 0 Å². The van der Waals surface area contributed by atoms with Crippen molar-refractivity contribution in [2.45, 2.75) is 13.3 Å². The predicted molar refractivity (Wildman–Crippen MR) is 88.5 cm³/mol. The van der Waals surface area contributed by atoms with Gasteiger partial charge in [-0.1, -0.05) is 42.0 Å². The fourth-order valence-electron chi connectivity index (χ4n) is 2.26. The highest BCUT2D eigenvalue weighted by atomic mass is 32.1. The number of hydrogen-bond acceptors (Lipinski definition) is 3. The monoisotopic (exact) mass is 309 g/mol. The number of carboxylic acids is 1. The van der Waals surface area contributed by atoms with E-state index < -0.39 is 5.97 Å². The van der Waals surface area contributed by atoms with Crippen LogP contribution in [-0.4, -0.2) is 16.1 Å². The molecule has 0 unspecified atom stereocenters. The highest BCUT2D eigenvalue weighted by Gasteiger charge is 2.07. The minimum atomic E-state index is -0.900. The number of carbonyl (C=O) groups is 1. The van der Waals surface area contributed by atoms with Crippen molar-refractivity contribution in [3.63, 3.8) is 0 Å². The molecule has 22 heavy (non-hydrogen) atoms. The van der Waals surface area contributed by atoms with Gasteiger partial charge in [-0.05, 0) is 30.2 Å². The number of nitrogens with zero attached hydrogens (tertiary/aromatic N) is 1. The lowest BCUT2D eigenvalue weighted by atomic mass is 10.1. The Bertz CT molecular complexity index is 806. The van der Waals surface area contributed by atoms with Crippen LogP contribution in [0.3, 0.4) is 0 Å². The molecule has 3 aromatic rings. The Kier molecular flexibility index (Phi) is 4.02. The summed E-state index contributed by atoms with van der Waals surface area (Å²) in [4.78, 5) is 16.5. The molecule has 1 aromatic heterocycles. The number of hydrogen-bond donors (Lipinski definition) is 1. The van der Waals surface area contributed by atoms with E-state index in [1.165, 1.54) is 11.1 Å². The minimum Gasteiger partial charge on any atom is -0.478 e. The van der Waals surface area contributed by atoms with Gasteiger partial charge in [0.05, 0.1) is 15.4 Å². The van der Waals surface area contributed by atoms with E-state index >= 15 is 0 Å². The van der Waals surface area contributed by atoms with Gasteiger partial charge in [-0.15, -0.1) is 11.3 Å². The molecular formula is C18H15NO2S. The second kappa shape index (κ2) is 6.12. The quantitative estimate of drug-likeness (QED) is 0.776. The molecule has 2 aromatic carbocycles. The lowest BCUT2D eigenvalue weighted by Gasteiger charge is -2.00. The van der Waals surface area contributed by atoms with Crippen LogP contribution >= 0.6 is 11.3 Å². The number of benzene rings is 2. The minimum absolute atomic E-state index is 0.309. The lowest BCUT2D eigenvalue weighted by molar-refractivity contribution is 0.0697. The van der Waals surface area contributed by atoms with Gasteiger partial charge >= 0.3 is 5.97 Å². The van der Waals surface area contributed by atoms with Gasteiger partial charge in [0.2, 0.25) is 0 Å². The molecule has 0 spiro atoms. The fraction of sp³-hybridized carbons (Fsp3) is 0.111. The molecule has 0 radical (unpaired) electrons. The third-order valence-corrected chi connectivity index (χ3v) is 4.46. The number of aromatic carboxylic acids is 1. The molecule has 0 aliphatic carbocycles. The normalized spacial score (nSPS) is 10.6. The summed E-state index contributed by atoms with van der Waals surface area (Å²) in [6.07, 6.45) is 2.62. The Hall–Kier alpha value is -2.46. The van der Waals surface area contributed by atoms with E-state index in [4.69, 9.17) is 5.11 Å². The average Bonchev–Trinajstić information content (AvgIpc) is 2.96. The van der Waals surface area contributed by atoms with E-state index in [0.29, 0.717) is 5.56 Å². The largest absolute Gasteiger partial charge is 0.478 e. The molecule has 0 fully saturated rings. The van der Waals surface area contributed by atoms with Gasteiger partial charge in [0.1, 0.15) is 0 Å². The van der Waals surface area contributed by atoms with E-state index in [-0.39, 0.29) is 0 Å². The van der Waals surface area contributed by atoms with Crippen LogP contribution in [0, 0.1) is 6.92 Å². The summed E-state index contributed by atoms with van der Waals surface area (Å²) in [6.45, 7) is 2.08. The first kappa shape index (κ1) is 14.5. The Balaban J connectivity index is 1.78. The summed E-state index contributed by atoms with van der Waals surface area (Å²) in [5, 5.41) is 9.93. The highest BCUT2D eigenvalue weighted by Crippen LogP contribution is 2.27. The van der Waals surface area contributed by atoms with Gasteiger partial charge < -0.3 is 5.11 Å². The number of aromatic nitrogens is 1. The Morgan fingerprint density at radius 3 is 2.64 bits per heavy atom. The van der Waals surface area contributed by atoms with Crippen molar-refractivity contribution in [3.8, 4) is 10.4 Å². The molecule has 0 aliphatic rings. The SMILES string of the molecule is Cc1cccc(-c2cnc(Cc3ccc(C(=O)O)cc3)s2)c1. The van der Waals surface area contributed by atoms with Crippen molar-refractivity contribution >= 4 is 17.3 Å². The van der Waals surface area contributed by atoms with Crippen LogP contribution in [0.4, 0.5) is 0 Å². The zero-order valence-corrected chi connectivity index (χ0v) is 12.9. The maximum Gasteiger partial charge on any atom is 0.335 e. The number of thiazole rings is 1. The first-order valence-electron chi connectivity index (χ1n) is 6.96. The van der Waals surface area contributed by atoms with E-state index in [0.717, 1.165) is 21.9 Å². The summed E-state index contributed by atoms with van der Waals surface area (Å²) in [6, 6.07) is 15.3. The predicted octanol–water partition coefficient (Wildman–Crippen LogP) is 4.41. The molecule has 0 saturated heterocycles. The van der Waals surface area contributed by atoms with Crippen molar-refractivity contribution in [2.75, 3.05) is 0 Å². The molecule has 1 heterocycles. The molecule has 0 aliphatic heterocycles. The highest BCUT2D eigenvalue weighted by molar-refractivity contribution is 7.15. The number of rotatable bonds is 4. The zero-order valence-electron chi connectivity index (χ0n) is 12.1. The van der Waals surface area contributed by atoms with Gasteiger partial charge in [0, 0.05) is 12.6 Å². The number of aryl methyl sites for hydroxylation is 1. The first-order valence-corrected chi connectivity index (χ1v) is 7.77. The summed E-state index contributed by atoms with van der Waals surface area (Å²) >= 11 is 1.67. The Labute approximate surface area is 132 Å². The molecule has 0 bridgehead atoms. The van der Waals surface area contributed by atoms with Crippen LogP contribution in [0.2, 0.25) is 0 Å². The molecule has 3 rings (SSSR count). The third-order valence-electron chi connectivity index (χ3n) is 3.41. The molecule has 0 amide bonds. The van der Waals surface area contributed by atoms with Crippen LogP contribution in [0.25, 0.3) is 10.4 Å². The van der Waals surface area contributed by atoms with Crippen molar-refractivity contribution in [1.82, 2.24) is 4.98 Å². The van der Waals surface area contributed by atoms with Crippen LogP contribution < -0.4 is 0 Å². The van der Waals surface area contributed by atoms with Gasteiger partial charge in [-0.25, -0.2) is 9.78 Å². The lowest BCUT2D eigenvalue weighted by Crippen LogP contribution is -1.96. The van der Waals surface area contributed by atoms with Crippen LogP contribution in [0.1, 0.15) is 26.5 Å². The summed E-state index contributed by atoms with van der Waals surface area (Å²) in [5.74, 6) is -0.900. The second-order valence-electron chi connectivity index (χ2n) is 5.17. The topological polar surface area (TPSA) is 50.2 Å².